The monoisotopic (exact) mass is 258 g/mol. The summed E-state index contributed by atoms with van der Waals surface area (Å²) in [6.07, 6.45) is 0. The Hall–Kier alpha value is -1.28. The molecule has 0 unspecified atom stereocenters. The molecule has 0 aliphatic rings. The second kappa shape index (κ2) is 4.43. The van der Waals surface area contributed by atoms with Crippen molar-refractivity contribution >= 4 is 19.1 Å². The van der Waals surface area contributed by atoms with Crippen LogP contribution in [0.15, 0.2) is 42.5 Å². The summed E-state index contributed by atoms with van der Waals surface area (Å²) in [5, 5.41) is 2.68. The smallest absolute Gasteiger partial charge is 0.250 e. The summed E-state index contributed by atoms with van der Waals surface area (Å²) in [7, 11) is -1.76. The summed E-state index contributed by atoms with van der Waals surface area (Å²) in [6, 6.07) is 14.7. The molecule has 0 fully saturated rings. The van der Waals surface area contributed by atoms with Crippen LogP contribution >= 0.6 is 0 Å². The second-order valence-corrected chi connectivity index (χ2v) is 11.1. The van der Waals surface area contributed by atoms with Gasteiger partial charge in [-0.1, -0.05) is 57.2 Å². The maximum Gasteiger partial charge on any atom is 0.250 e. The van der Waals surface area contributed by atoms with Gasteiger partial charge in [0.15, 0.2) is 0 Å². The summed E-state index contributed by atoms with van der Waals surface area (Å²) in [4.78, 5) is 0. The predicted molar refractivity (Wildman–Crippen MR) is 81.8 cm³/mol. The Morgan fingerprint density at radius 1 is 0.889 bits per heavy atom. The lowest BCUT2D eigenvalue weighted by Crippen LogP contribution is -2.43. The first-order chi connectivity index (χ1) is 8.31. The molecule has 0 saturated carbocycles. The fraction of sp³-hybridized carbons (Fsp3) is 0.375. The van der Waals surface area contributed by atoms with Gasteiger partial charge in [0.05, 0.1) is 0 Å². The molecule has 0 aliphatic carbocycles. The highest BCUT2D eigenvalue weighted by Gasteiger charge is 2.39. The molecule has 0 saturated heterocycles. The Bertz CT molecular complexity index is 547. The molecule has 2 aromatic carbocycles. The van der Waals surface area contributed by atoms with Crippen LogP contribution in [-0.2, 0) is 0 Å². The standard InChI is InChI=1S/C16H22OSi/c1-16(2,3)18(4,5)17-15-12-8-10-13-9-6-7-11-14(13)15/h6-12H,1-5H3. The third-order valence-electron chi connectivity index (χ3n) is 3.92. The Morgan fingerprint density at radius 3 is 2.17 bits per heavy atom. The van der Waals surface area contributed by atoms with Crippen molar-refractivity contribution in [3.63, 3.8) is 0 Å². The van der Waals surface area contributed by atoms with Gasteiger partial charge in [0, 0.05) is 5.39 Å². The largest absolute Gasteiger partial charge is 0.543 e. The summed E-state index contributed by atoms with van der Waals surface area (Å²) >= 11 is 0. The molecule has 0 aliphatic heterocycles. The molecule has 0 heterocycles. The van der Waals surface area contributed by atoms with Gasteiger partial charge in [-0.2, -0.15) is 0 Å². The van der Waals surface area contributed by atoms with Gasteiger partial charge in [0.2, 0.25) is 0 Å². The fourth-order valence-corrected chi connectivity index (χ4v) is 2.75. The lowest BCUT2D eigenvalue weighted by Gasteiger charge is -2.36. The quantitative estimate of drug-likeness (QED) is 0.671. The number of rotatable bonds is 2. The number of hydrogen-bond acceptors (Lipinski definition) is 1. The van der Waals surface area contributed by atoms with E-state index in [-0.39, 0.29) is 5.04 Å². The number of fused-ring (bicyclic) bond motifs is 1. The van der Waals surface area contributed by atoms with Crippen molar-refractivity contribution in [1.29, 1.82) is 0 Å². The zero-order valence-corrected chi connectivity index (χ0v) is 12.9. The van der Waals surface area contributed by atoms with Crippen molar-refractivity contribution in [2.75, 3.05) is 0 Å². The van der Waals surface area contributed by atoms with Crippen molar-refractivity contribution in [3.8, 4) is 5.75 Å². The lowest BCUT2D eigenvalue weighted by atomic mass is 10.1. The zero-order valence-electron chi connectivity index (χ0n) is 11.9. The molecule has 0 radical (unpaired) electrons. The van der Waals surface area contributed by atoms with Gasteiger partial charge >= 0.3 is 0 Å². The maximum absolute atomic E-state index is 6.42. The molecule has 2 aromatic rings. The van der Waals surface area contributed by atoms with Crippen LogP contribution in [0.25, 0.3) is 10.8 Å². The molecule has 0 aromatic heterocycles. The molecule has 96 valence electrons. The van der Waals surface area contributed by atoms with E-state index >= 15 is 0 Å². The molecular formula is C16H22OSi. The van der Waals surface area contributed by atoms with E-state index in [0.29, 0.717) is 0 Å². The van der Waals surface area contributed by atoms with Crippen LogP contribution in [0.4, 0.5) is 0 Å². The van der Waals surface area contributed by atoms with Gasteiger partial charge in [-0.3, -0.25) is 0 Å². The van der Waals surface area contributed by atoms with Crippen LogP contribution in [0.3, 0.4) is 0 Å². The van der Waals surface area contributed by atoms with E-state index in [2.05, 4.69) is 76.3 Å². The van der Waals surface area contributed by atoms with Gasteiger partial charge in [0.25, 0.3) is 8.32 Å². The average molecular weight is 258 g/mol. The highest BCUT2D eigenvalue weighted by atomic mass is 28.4. The maximum atomic E-state index is 6.42. The Labute approximate surface area is 111 Å². The van der Waals surface area contributed by atoms with E-state index < -0.39 is 8.32 Å². The number of hydrogen-bond donors (Lipinski definition) is 0. The minimum Gasteiger partial charge on any atom is -0.543 e. The summed E-state index contributed by atoms with van der Waals surface area (Å²) in [5.41, 5.74) is 0. The molecule has 0 atom stereocenters. The highest BCUT2D eigenvalue weighted by molar-refractivity contribution is 6.74. The molecule has 2 heteroatoms. The van der Waals surface area contributed by atoms with Crippen molar-refractivity contribution < 1.29 is 4.43 Å². The van der Waals surface area contributed by atoms with Crippen LogP contribution in [0.5, 0.6) is 5.75 Å². The third-order valence-corrected chi connectivity index (χ3v) is 8.26. The van der Waals surface area contributed by atoms with Crippen LogP contribution < -0.4 is 4.43 Å². The Kier molecular flexibility index (Phi) is 3.24. The van der Waals surface area contributed by atoms with Crippen molar-refractivity contribution in [2.45, 2.75) is 38.9 Å². The third kappa shape index (κ3) is 2.44. The van der Waals surface area contributed by atoms with E-state index in [0.717, 1.165) is 5.75 Å². The van der Waals surface area contributed by atoms with Gasteiger partial charge in [-0.15, -0.1) is 0 Å². The van der Waals surface area contributed by atoms with E-state index in [4.69, 9.17) is 4.43 Å². The highest BCUT2D eigenvalue weighted by Crippen LogP contribution is 2.39. The van der Waals surface area contributed by atoms with Crippen LogP contribution in [0, 0.1) is 0 Å². The molecular weight excluding hydrogens is 236 g/mol. The van der Waals surface area contributed by atoms with E-state index in [1.54, 1.807) is 0 Å². The first-order valence-corrected chi connectivity index (χ1v) is 9.39. The summed E-state index contributed by atoms with van der Waals surface area (Å²) in [6.45, 7) is 11.4. The fourth-order valence-electron chi connectivity index (χ4n) is 1.71. The van der Waals surface area contributed by atoms with Gasteiger partial charge in [-0.25, -0.2) is 0 Å². The Morgan fingerprint density at radius 2 is 1.50 bits per heavy atom. The van der Waals surface area contributed by atoms with Gasteiger partial charge < -0.3 is 4.43 Å². The van der Waals surface area contributed by atoms with Crippen LogP contribution in [0.2, 0.25) is 18.1 Å². The van der Waals surface area contributed by atoms with Crippen LogP contribution in [0.1, 0.15) is 20.8 Å². The normalized spacial score (nSPS) is 12.7. The van der Waals surface area contributed by atoms with Crippen molar-refractivity contribution in [2.24, 2.45) is 0 Å². The molecule has 0 N–H and O–H groups in total. The topological polar surface area (TPSA) is 9.23 Å². The average Bonchev–Trinajstić information content (AvgIpc) is 2.27. The van der Waals surface area contributed by atoms with E-state index in [1.807, 2.05) is 0 Å². The molecule has 2 rings (SSSR count). The van der Waals surface area contributed by atoms with Gasteiger partial charge in [-0.05, 0) is 29.6 Å². The summed E-state index contributed by atoms with van der Waals surface area (Å²) < 4.78 is 6.42. The van der Waals surface area contributed by atoms with Crippen LogP contribution in [-0.4, -0.2) is 8.32 Å². The zero-order chi connectivity index (χ0) is 13.4. The predicted octanol–water partition coefficient (Wildman–Crippen LogP) is 5.22. The lowest BCUT2D eigenvalue weighted by molar-refractivity contribution is 0.496. The van der Waals surface area contributed by atoms with Crippen molar-refractivity contribution in [1.82, 2.24) is 0 Å². The molecule has 1 nitrogen and oxygen atoms in total. The Balaban J connectivity index is 2.44. The molecule has 0 spiro atoms. The minimum atomic E-state index is -1.76. The van der Waals surface area contributed by atoms with Gasteiger partial charge in [0.1, 0.15) is 5.75 Å². The molecule has 0 bridgehead atoms. The SMILES string of the molecule is CC(C)(C)[Si](C)(C)Oc1cccc2ccccc12. The second-order valence-electron chi connectivity index (χ2n) is 6.34. The van der Waals surface area contributed by atoms with E-state index in [9.17, 15) is 0 Å². The molecule has 0 amide bonds. The summed E-state index contributed by atoms with van der Waals surface area (Å²) in [5.74, 6) is 1.03. The first-order valence-electron chi connectivity index (χ1n) is 6.48. The number of benzene rings is 2. The molecule has 18 heavy (non-hydrogen) atoms. The minimum absolute atomic E-state index is 0.226. The first kappa shape index (κ1) is 13.2. The van der Waals surface area contributed by atoms with Crippen molar-refractivity contribution in [3.05, 3.63) is 42.5 Å². The van der Waals surface area contributed by atoms with E-state index in [1.165, 1.54) is 10.8 Å².